The largest absolute Gasteiger partial charge is 0.381 e. The molecule has 90 valence electrons. The van der Waals surface area contributed by atoms with Crippen LogP contribution in [0.3, 0.4) is 0 Å². The van der Waals surface area contributed by atoms with Gasteiger partial charge in [0.1, 0.15) is 5.15 Å². The predicted molar refractivity (Wildman–Crippen MR) is 71.7 cm³/mol. The molecule has 0 saturated carbocycles. The number of aromatic nitrogens is 2. The maximum Gasteiger partial charge on any atom is 0.131 e. The molecule has 2 aromatic rings. The summed E-state index contributed by atoms with van der Waals surface area (Å²) in [5, 5.41) is 8.91. The van der Waals surface area contributed by atoms with Crippen molar-refractivity contribution in [1.82, 2.24) is 9.78 Å². The lowest BCUT2D eigenvalue weighted by atomic mass is 10.2. The highest BCUT2D eigenvalue weighted by molar-refractivity contribution is 6.31. The zero-order valence-electron chi connectivity index (χ0n) is 9.67. The van der Waals surface area contributed by atoms with Gasteiger partial charge in [0, 0.05) is 29.9 Å². The first kappa shape index (κ1) is 12.3. The van der Waals surface area contributed by atoms with Crippen molar-refractivity contribution in [1.29, 1.82) is 0 Å². The summed E-state index contributed by atoms with van der Waals surface area (Å²) in [6.07, 6.45) is 0. The fourth-order valence-corrected chi connectivity index (χ4v) is 2.10. The Labute approximate surface area is 110 Å². The molecule has 0 aliphatic heterocycles. The molecule has 0 saturated heterocycles. The third kappa shape index (κ3) is 2.73. The van der Waals surface area contributed by atoms with Crippen LogP contribution in [0.1, 0.15) is 11.3 Å². The second-order valence-corrected chi connectivity index (χ2v) is 4.64. The third-order valence-electron chi connectivity index (χ3n) is 2.56. The summed E-state index contributed by atoms with van der Waals surface area (Å²) in [6, 6.07) is 7.59. The van der Waals surface area contributed by atoms with Gasteiger partial charge in [-0.3, -0.25) is 4.68 Å². The van der Waals surface area contributed by atoms with Gasteiger partial charge in [0.2, 0.25) is 0 Å². The zero-order chi connectivity index (χ0) is 12.4. The van der Waals surface area contributed by atoms with Crippen LogP contribution in [0.2, 0.25) is 10.2 Å². The van der Waals surface area contributed by atoms with Crippen molar-refractivity contribution >= 4 is 28.9 Å². The molecule has 17 heavy (non-hydrogen) atoms. The average Bonchev–Trinajstić information content (AvgIpc) is 2.51. The van der Waals surface area contributed by atoms with Crippen LogP contribution in [0.15, 0.2) is 24.3 Å². The number of aryl methyl sites for hydroxylation is 2. The summed E-state index contributed by atoms with van der Waals surface area (Å²) >= 11 is 12.1. The number of benzene rings is 1. The maximum atomic E-state index is 6.15. The van der Waals surface area contributed by atoms with Crippen LogP contribution in [0.25, 0.3) is 0 Å². The summed E-state index contributed by atoms with van der Waals surface area (Å²) in [6.45, 7) is 2.58. The van der Waals surface area contributed by atoms with Gasteiger partial charge in [-0.25, -0.2) is 0 Å². The molecule has 3 nitrogen and oxygen atoms in total. The second kappa shape index (κ2) is 4.98. The number of anilines is 1. The van der Waals surface area contributed by atoms with E-state index in [1.165, 1.54) is 0 Å². The summed E-state index contributed by atoms with van der Waals surface area (Å²) in [5.41, 5.74) is 2.91. The molecule has 0 aliphatic rings. The molecular weight excluding hydrogens is 257 g/mol. The summed E-state index contributed by atoms with van der Waals surface area (Å²) in [4.78, 5) is 0. The van der Waals surface area contributed by atoms with E-state index in [-0.39, 0.29) is 0 Å². The highest BCUT2D eigenvalue weighted by Crippen LogP contribution is 2.21. The smallest absolute Gasteiger partial charge is 0.131 e. The number of nitrogens with zero attached hydrogens (tertiary/aromatic N) is 2. The average molecular weight is 270 g/mol. The minimum absolute atomic E-state index is 0.638. The van der Waals surface area contributed by atoms with Gasteiger partial charge in [-0.1, -0.05) is 29.3 Å². The van der Waals surface area contributed by atoms with E-state index in [1.807, 2.05) is 38.2 Å². The lowest BCUT2D eigenvalue weighted by molar-refractivity contribution is 0.757. The van der Waals surface area contributed by atoms with Gasteiger partial charge in [0.15, 0.2) is 0 Å². The molecule has 1 N–H and O–H groups in total. The van der Waals surface area contributed by atoms with E-state index in [1.54, 1.807) is 4.68 Å². The number of rotatable bonds is 3. The minimum Gasteiger partial charge on any atom is -0.381 e. The topological polar surface area (TPSA) is 29.9 Å². The Hall–Kier alpha value is -1.19. The second-order valence-electron chi connectivity index (χ2n) is 3.84. The Morgan fingerprint density at radius 3 is 2.71 bits per heavy atom. The van der Waals surface area contributed by atoms with E-state index in [0.717, 1.165) is 16.9 Å². The van der Waals surface area contributed by atoms with E-state index in [2.05, 4.69) is 10.4 Å². The molecule has 0 radical (unpaired) electrons. The van der Waals surface area contributed by atoms with Crippen molar-refractivity contribution in [3.05, 3.63) is 45.7 Å². The van der Waals surface area contributed by atoms with Crippen molar-refractivity contribution in [2.24, 2.45) is 7.05 Å². The minimum atomic E-state index is 0.638. The first-order valence-electron chi connectivity index (χ1n) is 5.25. The van der Waals surface area contributed by atoms with Gasteiger partial charge < -0.3 is 5.32 Å². The number of nitrogens with one attached hydrogen (secondary N) is 1. The van der Waals surface area contributed by atoms with Gasteiger partial charge in [-0.2, -0.15) is 5.10 Å². The van der Waals surface area contributed by atoms with Crippen molar-refractivity contribution in [2.75, 3.05) is 5.32 Å². The lowest BCUT2D eigenvalue weighted by Gasteiger charge is -2.06. The molecule has 0 unspecified atom stereocenters. The van der Waals surface area contributed by atoms with Gasteiger partial charge in [-0.05, 0) is 25.1 Å². The molecule has 0 spiro atoms. The summed E-state index contributed by atoms with van der Waals surface area (Å²) < 4.78 is 1.67. The molecule has 0 atom stereocenters. The van der Waals surface area contributed by atoms with Crippen LogP contribution >= 0.6 is 23.2 Å². The van der Waals surface area contributed by atoms with E-state index in [9.17, 15) is 0 Å². The van der Waals surface area contributed by atoms with E-state index in [0.29, 0.717) is 16.7 Å². The predicted octanol–water partition coefficient (Wildman–Crippen LogP) is 3.65. The summed E-state index contributed by atoms with van der Waals surface area (Å²) in [5.74, 6) is 0. The molecule has 0 aliphatic carbocycles. The molecular formula is C12H13Cl2N3. The quantitative estimate of drug-likeness (QED) is 0.922. The normalized spacial score (nSPS) is 10.6. The molecule has 0 fully saturated rings. The summed E-state index contributed by atoms with van der Waals surface area (Å²) in [7, 11) is 1.83. The highest BCUT2D eigenvalue weighted by Gasteiger charge is 2.10. The van der Waals surface area contributed by atoms with Gasteiger partial charge in [0.05, 0.1) is 5.69 Å². The van der Waals surface area contributed by atoms with Crippen LogP contribution in [-0.4, -0.2) is 9.78 Å². The Morgan fingerprint density at radius 2 is 2.12 bits per heavy atom. The standard InChI is InChI=1S/C12H13Cl2N3/c1-8-11(12(14)17(2)16-8)7-15-10-5-3-4-9(13)6-10/h3-6,15H,7H2,1-2H3. The molecule has 1 heterocycles. The number of hydrogen-bond acceptors (Lipinski definition) is 2. The van der Waals surface area contributed by atoms with Crippen molar-refractivity contribution < 1.29 is 0 Å². The fraction of sp³-hybridized carbons (Fsp3) is 0.250. The van der Waals surface area contributed by atoms with Gasteiger partial charge >= 0.3 is 0 Å². The van der Waals surface area contributed by atoms with E-state index in [4.69, 9.17) is 23.2 Å². The van der Waals surface area contributed by atoms with Crippen molar-refractivity contribution in [2.45, 2.75) is 13.5 Å². The first-order valence-corrected chi connectivity index (χ1v) is 6.01. The van der Waals surface area contributed by atoms with Crippen LogP contribution in [-0.2, 0) is 13.6 Å². The van der Waals surface area contributed by atoms with E-state index >= 15 is 0 Å². The molecule has 0 amide bonds. The molecule has 1 aromatic carbocycles. The lowest BCUT2D eigenvalue weighted by Crippen LogP contribution is -2.00. The van der Waals surface area contributed by atoms with Crippen molar-refractivity contribution in [3.63, 3.8) is 0 Å². The van der Waals surface area contributed by atoms with Gasteiger partial charge in [-0.15, -0.1) is 0 Å². The Kier molecular flexibility index (Phi) is 3.60. The molecule has 0 bridgehead atoms. The Balaban J connectivity index is 2.12. The van der Waals surface area contributed by atoms with Crippen LogP contribution < -0.4 is 5.32 Å². The SMILES string of the molecule is Cc1nn(C)c(Cl)c1CNc1cccc(Cl)c1. The Bertz CT molecular complexity index is 535. The van der Waals surface area contributed by atoms with Crippen LogP contribution in [0, 0.1) is 6.92 Å². The number of halogens is 2. The third-order valence-corrected chi connectivity index (χ3v) is 3.27. The highest BCUT2D eigenvalue weighted by atomic mass is 35.5. The fourth-order valence-electron chi connectivity index (χ4n) is 1.66. The number of hydrogen-bond donors (Lipinski definition) is 1. The van der Waals surface area contributed by atoms with Crippen molar-refractivity contribution in [3.8, 4) is 0 Å². The van der Waals surface area contributed by atoms with Crippen LogP contribution in [0.5, 0.6) is 0 Å². The zero-order valence-corrected chi connectivity index (χ0v) is 11.2. The molecule has 2 rings (SSSR count). The van der Waals surface area contributed by atoms with Gasteiger partial charge in [0.25, 0.3) is 0 Å². The molecule has 5 heteroatoms. The molecule has 1 aromatic heterocycles. The monoisotopic (exact) mass is 269 g/mol. The maximum absolute atomic E-state index is 6.15. The Morgan fingerprint density at radius 1 is 1.35 bits per heavy atom. The van der Waals surface area contributed by atoms with E-state index < -0.39 is 0 Å². The van der Waals surface area contributed by atoms with Crippen LogP contribution in [0.4, 0.5) is 5.69 Å². The first-order chi connectivity index (χ1) is 8.08.